The van der Waals surface area contributed by atoms with Crippen molar-refractivity contribution in [2.45, 2.75) is 311 Å². The van der Waals surface area contributed by atoms with Crippen molar-refractivity contribution in [1.29, 1.82) is 0 Å². The molecule has 0 atom stereocenters. The maximum atomic E-state index is 8.70. The number of hydrogen-bond acceptors (Lipinski definition) is 3. The molecule has 0 aliphatic carbocycles. The van der Waals surface area contributed by atoms with Crippen LogP contribution in [0.2, 0.25) is 6.32 Å². The van der Waals surface area contributed by atoms with Crippen LogP contribution in [0.5, 0.6) is 0 Å². The number of halogens is 2. The Morgan fingerprint density at radius 2 is 0.567 bits per heavy atom. The molecule has 0 saturated carbocycles. The van der Waals surface area contributed by atoms with E-state index in [1.807, 2.05) is 13.8 Å². The van der Waals surface area contributed by atoms with E-state index in [0.717, 1.165) is 32.5 Å². The normalized spacial score (nSPS) is 10.2. The number of rotatable bonds is 44. The van der Waals surface area contributed by atoms with E-state index in [-0.39, 0.29) is 65.9 Å². The van der Waals surface area contributed by atoms with Crippen LogP contribution in [0, 0.1) is 6.92 Å². The van der Waals surface area contributed by atoms with E-state index in [1.54, 1.807) is 0 Å². The Bertz CT molecular complexity index is 594. The monoisotopic (exact) mass is 1000 g/mol. The van der Waals surface area contributed by atoms with Crippen LogP contribution in [0.1, 0.15) is 307 Å². The van der Waals surface area contributed by atoms with E-state index in [2.05, 4.69) is 43.6 Å². The van der Waals surface area contributed by atoms with Gasteiger partial charge in [-0.05, 0) is 26.6 Å². The van der Waals surface area contributed by atoms with E-state index in [1.165, 1.54) is 256 Å². The molecular weight excluding hydrogens is 892 g/mol. The molecule has 0 heterocycles. The number of ether oxygens (including phenoxy) is 1. The van der Waals surface area contributed by atoms with E-state index >= 15 is 0 Å². The first kappa shape index (κ1) is 76.7. The Morgan fingerprint density at radius 1 is 0.367 bits per heavy atom. The van der Waals surface area contributed by atoms with Gasteiger partial charge in [0, 0.05) is 18.5 Å². The van der Waals surface area contributed by atoms with Crippen molar-refractivity contribution in [2.24, 2.45) is 0 Å². The standard InChI is InChI=1S/C16H35BO2.C16H33Br.C16H33.C4H10O.BrH.2Mg.2H/c1-2-3-4-5-6-7-8-9-10-11-12-13-14-15-16-17(18)19;1-2-3-4-5-6-7-8-9-10-11-12-13-14-15-16-17;1-3-5-7-9-11-13-15-16-14-12-10-8-6-4-2;1-3-5-4-2;;;;;/h18-19H,2-16H2,1H3;2-16H2,1H3;1,3-16H2,2H3;3-4H2,1-2H3;1H;;;;/q;;-1;;;2*+2;2*-1/p-1. The minimum Gasteiger partial charge on any atom is -1.00 e. The van der Waals surface area contributed by atoms with Crippen molar-refractivity contribution in [1.82, 2.24) is 0 Å². The van der Waals surface area contributed by atoms with E-state index in [4.69, 9.17) is 14.8 Å². The molecule has 360 valence electrons. The minimum atomic E-state index is -1.10. The number of hydrogen-bond donors (Lipinski definition) is 2. The molecule has 0 aliphatic heterocycles. The predicted octanol–water partition coefficient (Wildman–Crippen LogP) is 15.6. The van der Waals surface area contributed by atoms with Crippen LogP contribution in [0.15, 0.2) is 0 Å². The molecule has 3 nitrogen and oxygen atoms in total. The van der Waals surface area contributed by atoms with Gasteiger partial charge in [-0.2, -0.15) is 6.42 Å². The molecule has 0 aromatic rings. The van der Waals surface area contributed by atoms with Gasteiger partial charge in [0.15, 0.2) is 0 Å². The van der Waals surface area contributed by atoms with Gasteiger partial charge in [0.2, 0.25) is 0 Å². The van der Waals surface area contributed by atoms with Gasteiger partial charge in [-0.15, -0.1) is 0 Å². The quantitative estimate of drug-likeness (QED) is 0.0277. The molecule has 0 spiro atoms. The molecule has 0 rings (SSSR count). The molecule has 8 heteroatoms. The second-order valence-corrected chi connectivity index (χ2v) is 17.8. The zero-order valence-electron chi connectivity index (χ0n) is 44.3. The Labute approximate surface area is 436 Å². The average molecular weight is 1010 g/mol. The summed E-state index contributed by atoms with van der Waals surface area (Å²) in [6, 6.07) is 0. The Kier molecular flexibility index (Phi) is 104. The van der Waals surface area contributed by atoms with Crippen LogP contribution in [-0.4, -0.2) is 81.8 Å². The second-order valence-electron chi connectivity index (χ2n) is 17.0. The fourth-order valence-corrected chi connectivity index (χ4v) is 7.61. The van der Waals surface area contributed by atoms with Crippen LogP contribution in [-0.2, 0) is 4.74 Å². The summed E-state index contributed by atoms with van der Waals surface area (Å²) in [6.45, 7) is 16.4. The first-order chi connectivity index (χ1) is 28.0. The summed E-state index contributed by atoms with van der Waals surface area (Å²) in [7, 11) is -1.10. The summed E-state index contributed by atoms with van der Waals surface area (Å²) in [5.74, 6) is 0. The minimum absolute atomic E-state index is 0. The molecule has 0 saturated heterocycles. The van der Waals surface area contributed by atoms with E-state index in [9.17, 15) is 0 Å². The van der Waals surface area contributed by atoms with Gasteiger partial charge in [0.1, 0.15) is 0 Å². The Morgan fingerprint density at radius 3 is 0.733 bits per heavy atom. The van der Waals surface area contributed by atoms with Crippen molar-refractivity contribution in [3.63, 3.8) is 0 Å². The van der Waals surface area contributed by atoms with Crippen molar-refractivity contribution in [3.05, 3.63) is 6.92 Å². The van der Waals surface area contributed by atoms with Crippen molar-refractivity contribution < 1.29 is 34.6 Å². The molecule has 0 unspecified atom stereocenters. The summed E-state index contributed by atoms with van der Waals surface area (Å²) < 4.78 is 4.83. The third-order valence-electron chi connectivity index (χ3n) is 11.1. The summed E-state index contributed by atoms with van der Waals surface area (Å²) in [4.78, 5) is 0. The fraction of sp³-hybridized carbons (Fsp3) is 0.981. The van der Waals surface area contributed by atoms with Gasteiger partial charge in [-0.3, -0.25) is 0 Å². The molecule has 0 fully saturated rings. The van der Waals surface area contributed by atoms with Gasteiger partial charge in [0.05, 0.1) is 0 Å². The first-order valence-electron chi connectivity index (χ1n) is 26.3. The van der Waals surface area contributed by atoms with Crippen LogP contribution in [0.4, 0.5) is 0 Å². The van der Waals surface area contributed by atoms with Gasteiger partial charge >= 0.3 is 53.2 Å². The molecule has 2 N–H and O–H groups in total. The summed E-state index contributed by atoms with van der Waals surface area (Å²) in [6.07, 6.45) is 59.4. The van der Waals surface area contributed by atoms with Gasteiger partial charge in [0.25, 0.3) is 0 Å². The Hall–Kier alpha value is 2.44. The molecule has 0 aromatic carbocycles. The van der Waals surface area contributed by atoms with Crippen molar-refractivity contribution in [2.75, 3.05) is 18.5 Å². The summed E-state index contributed by atoms with van der Waals surface area (Å²) in [5.41, 5.74) is 0. The van der Waals surface area contributed by atoms with E-state index < -0.39 is 7.12 Å². The predicted molar refractivity (Wildman–Crippen MR) is 281 cm³/mol. The molecule has 0 radical (unpaired) electrons. The second kappa shape index (κ2) is 81.6. The molecule has 0 amide bonds. The van der Waals surface area contributed by atoms with Crippen LogP contribution >= 0.6 is 15.9 Å². The molecule has 0 aromatic heterocycles. The molecule has 0 bridgehead atoms. The van der Waals surface area contributed by atoms with Crippen molar-refractivity contribution in [3.8, 4) is 0 Å². The van der Waals surface area contributed by atoms with Crippen LogP contribution in [0.25, 0.3) is 0 Å². The number of alkyl halides is 1. The summed E-state index contributed by atoms with van der Waals surface area (Å²) in [5, 5.41) is 18.6. The van der Waals surface area contributed by atoms with Crippen LogP contribution in [0.3, 0.4) is 0 Å². The van der Waals surface area contributed by atoms with Gasteiger partial charge in [-0.25, -0.2) is 0 Å². The zero-order chi connectivity index (χ0) is 42.8. The Balaban J connectivity index is -0.0000000886. The molecule has 0 aliphatic rings. The van der Waals surface area contributed by atoms with Gasteiger partial charge < -0.3 is 41.5 Å². The van der Waals surface area contributed by atoms with Crippen molar-refractivity contribution >= 4 is 69.2 Å². The largest absolute Gasteiger partial charge is 2.00 e. The SMILES string of the molecule is CCCCCCCCCCCCCCCCB(O)O.CCCCCCCCCCCCCCCCBr.CCOCC.[Br-].[CH2-]CCCCCCCCCCCCCCC.[H-].[H-].[Mg+2].[Mg+2]. The fourth-order valence-electron chi connectivity index (χ4n) is 7.21. The number of unbranched alkanes of at least 4 members (excludes halogenated alkanes) is 39. The zero-order valence-corrected chi connectivity index (χ0v) is 48.3. The van der Waals surface area contributed by atoms with E-state index in [0.29, 0.717) is 6.32 Å². The maximum absolute atomic E-state index is 8.70. The molecular formula is C52H113BBr2Mg2O3. The third kappa shape index (κ3) is 94.9. The smallest absolute Gasteiger partial charge is 1.00 e. The van der Waals surface area contributed by atoms with Crippen LogP contribution < -0.4 is 17.0 Å². The topological polar surface area (TPSA) is 49.7 Å². The molecule has 60 heavy (non-hydrogen) atoms. The third-order valence-corrected chi connectivity index (χ3v) is 11.6. The average Bonchev–Trinajstić information content (AvgIpc) is 3.21. The first-order valence-corrected chi connectivity index (χ1v) is 27.4. The van der Waals surface area contributed by atoms with Gasteiger partial charge in [-0.1, -0.05) is 294 Å². The summed E-state index contributed by atoms with van der Waals surface area (Å²) >= 11 is 3.48. The maximum Gasteiger partial charge on any atom is 2.00 e.